The lowest BCUT2D eigenvalue weighted by Gasteiger charge is -2.21. The quantitative estimate of drug-likeness (QED) is 0.678. The summed E-state index contributed by atoms with van der Waals surface area (Å²) >= 11 is 5.97. The van der Waals surface area contributed by atoms with Crippen LogP contribution in [0.4, 0.5) is 0 Å². The van der Waals surface area contributed by atoms with Crippen LogP contribution < -0.4 is 0 Å². The molecule has 128 valence electrons. The third-order valence-corrected chi connectivity index (χ3v) is 4.20. The molecule has 0 fully saturated rings. The Balaban J connectivity index is 2.20. The molecule has 0 heterocycles. The average Bonchev–Trinajstić information content (AvgIpc) is 2.59. The zero-order chi connectivity index (χ0) is 17.5. The van der Waals surface area contributed by atoms with E-state index < -0.39 is 0 Å². The zero-order valence-electron chi connectivity index (χ0n) is 14.5. The van der Waals surface area contributed by atoms with Gasteiger partial charge in [-0.2, -0.15) is 0 Å². The van der Waals surface area contributed by atoms with Crippen molar-refractivity contribution in [1.29, 1.82) is 0 Å². The fourth-order valence-corrected chi connectivity index (χ4v) is 2.69. The maximum Gasteiger partial charge on any atom is 0.339 e. The van der Waals surface area contributed by atoms with Gasteiger partial charge >= 0.3 is 5.97 Å². The summed E-state index contributed by atoms with van der Waals surface area (Å²) < 4.78 is 5.85. The topological polar surface area (TPSA) is 29.5 Å². The van der Waals surface area contributed by atoms with Crippen molar-refractivity contribution in [2.75, 3.05) is 20.6 Å². The van der Waals surface area contributed by atoms with E-state index in [1.807, 2.05) is 69.6 Å². The summed E-state index contributed by atoms with van der Waals surface area (Å²) in [7, 11) is 4.01. The van der Waals surface area contributed by atoms with Gasteiger partial charge in [0.1, 0.15) is 6.10 Å². The van der Waals surface area contributed by atoms with E-state index in [1.165, 1.54) is 0 Å². The van der Waals surface area contributed by atoms with Gasteiger partial charge < -0.3 is 9.64 Å². The largest absolute Gasteiger partial charge is 0.454 e. The molecule has 0 aliphatic rings. The van der Waals surface area contributed by atoms with Crippen molar-refractivity contribution in [3.8, 4) is 0 Å². The van der Waals surface area contributed by atoms with E-state index in [4.69, 9.17) is 16.3 Å². The molecule has 2 rings (SSSR count). The molecule has 1 atom stereocenters. The van der Waals surface area contributed by atoms with Gasteiger partial charge in [0.25, 0.3) is 0 Å². The van der Waals surface area contributed by atoms with Crippen LogP contribution in [-0.4, -0.2) is 31.5 Å². The van der Waals surface area contributed by atoms with E-state index in [9.17, 15) is 4.79 Å². The highest BCUT2D eigenvalue weighted by Crippen LogP contribution is 2.25. The lowest BCUT2D eigenvalue weighted by Crippen LogP contribution is -2.20. The maximum absolute atomic E-state index is 12.7. The molecule has 0 saturated heterocycles. The Bertz CT molecular complexity index is 668. The fraction of sp³-hybridized carbons (Fsp3) is 0.350. The molecular weight excluding hydrogens is 322 g/mol. The molecule has 0 saturated carbocycles. The van der Waals surface area contributed by atoms with Crippen LogP contribution in [0.15, 0.2) is 48.5 Å². The van der Waals surface area contributed by atoms with Gasteiger partial charge in [-0.15, -0.1) is 0 Å². The molecule has 0 N–H and O–H groups in total. The van der Waals surface area contributed by atoms with E-state index in [2.05, 4.69) is 4.90 Å². The molecular formula is C20H24ClNO2. The van der Waals surface area contributed by atoms with Gasteiger partial charge in [-0.05, 0) is 49.8 Å². The predicted octanol–water partition coefficient (Wildman–Crippen LogP) is 4.75. The van der Waals surface area contributed by atoms with Gasteiger partial charge in [-0.25, -0.2) is 4.79 Å². The smallest absolute Gasteiger partial charge is 0.339 e. The number of rotatable bonds is 7. The lowest BCUT2D eigenvalue weighted by atomic mass is 10.0. The molecule has 0 aliphatic carbocycles. The highest BCUT2D eigenvalue weighted by Gasteiger charge is 2.20. The number of carbonyl (C=O) groups is 1. The summed E-state index contributed by atoms with van der Waals surface area (Å²) in [6, 6.07) is 15.1. The first-order valence-electron chi connectivity index (χ1n) is 8.20. The Morgan fingerprint density at radius 3 is 2.42 bits per heavy atom. The number of esters is 1. The van der Waals surface area contributed by atoms with Crippen LogP contribution in [-0.2, 0) is 11.2 Å². The van der Waals surface area contributed by atoms with Crippen molar-refractivity contribution in [3.05, 3.63) is 70.2 Å². The average molecular weight is 346 g/mol. The molecule has 0 bridgehead atoms. The van der Waals surface area contributed by atoms with Crippen LogP contribution in [0.3, 0.4) is 0 Å². The number of benzene rings is 2. The minimum Gasteiger partial charge on any atom is -0.454 e. The van der Waals surface area contributed by atoms with E-state index in [1.54, 1.807) is 0 Å². The van der Waals surface area contributed by atoms with Crippen molar-refractivity contribution in [2.24, 2.45) is 0 Å². The second-order valence-corrected chi connectivity index (χ2v) is 6.48. The summed E-state index contributed by atoms with van der Waals surface area (Å²) in [5, 5.41) is 0.674. The number of hydrogen-bond donors (Lipinski definition) is 0. The Morgan fingerprint density at radius 2 is 1.79 bits per heavy atom. The minimum absolute atomic E-state index is 0.272. The number of halogens is 1. The van der Waals surface area contributed by atoms with Crippen molar-refractivity contribution in [3.63, 3.8) is 0 Å². The SMILES string of the molecule is CCc1ccccc1C(=O)OC(CCN(C)C)c1ccc(Cl)cc1. The van der Waals surface area contributed by atoms with Gasteiger partial charge in [0.05, 0.1) is 5.56 Å². The van der Waals surface area contributed by atoms with Crippen LogP contribution in [0.2, 0.25) is 5.02 Å². The summed E-state index contributed by atoms with van der Waals surface area (Å²) in [4.78, 5) is 14.7. The first-order valence-corrected chi connectivity index (χ1v) is 8.58. The standard InChI is InChI=1S/C20H24ClNO2/c1-4-15-7-5-6-8-18(15)20(23)24-19(13-14-22(2)3)16-9-11-17(21)12-10-16/h5-12,19H,4,13-14H2,1-3H3. The second-order valence-electron chi connectivity index (χ2n) is 6.05. The number of aryl methyl sites for hydroxylation is 1. The van der Waals surface area contributed by atoms with E-state index in [0.717, 1.165) is 30.5 Å². The summed E-state index contributed by atoms with van der Waals surface area (Å²) in [5.74, 6) is -0.272. The first kappa shape index (κ1) is 18.5. The lowest BCUT2D eigenvalue weighted by molar-refractivity contribution is 0.0260. The molecule has 2 aromatic carbocycles. The highest BCUT2D eigenvalue weighted by atomic mass is 35.5. The highest BCUT2D eigenvalue weighted by molar-refractivity contribution is 6.30. The number of nitrogens with zero attached hydrogens (tertiary/aromatic N) is 1. The molecule has 1 unspecified atom stereocenters. The van der Waals surface area contributed by atoms with E-state index in [0.29, 0.717) is 10.6 Å². The summed E-state index contributed by atoms with van der Waals surface area (Å²) in [6.45, 7) is 2.87. The van der Waals surface area contributed by atoms with Crippen molar-refractivity contribution < 1.29 is 9.53 Å². The van der Waals surface area contributed by atoms with Gasteiger partial charge in [0.2, 0.25) is 0 Å². The Labute approximate surface area is 149 Å². The Hall–Kier alpha value is -1.84. The number of hydrogen-bond acceptors (Lipinski definition) is 3. The monoisotopic (exact) mass is 345 g/mol. The maximum atomic E-state index is 12.7. The molecule has 3 nitrogen and oxygen atoms in total. The van der Waals surface area contributed by atoms with E-state index >= 15 is 0 Å². The van der Waals surface area contributed by atoms with Crippen molar-refractivity contribution in [1.82, 2.24) is 4.90 Å². The van der Waals surface area contributed by atoms with Crippen LogP contribution >= 0.6 is 11.6 Å². The molecule has 0 aliphatic heterocycles. The molecule has 2 aromatic rings. The molecule has 0 spiro atoms. The zero-order valence-corrected chi connectivity index (χ0v) is 15.2. The van der Waals surface area contributed by atoms with Gasteiger partial charge in [-0.1, -0.05) is 48.9 Å². The van der Waals surface area contributed by atoms with Crippen molar-refractivity contribution in [2.45, 2.75) is 25.9 Å². The molecule has 0 aromatic heterocycles. The number of ether oxygens (including phenoxy) is 1. The van der Waals surface area contributed by atoms with Crippen LogP contribution in [0.1, 0.15) is 40.9 Å². The Morgan fingerprint density at radius 1 is 1.12 bits per heavy atom. The van der Waals surface area contributed by atoms with Gasteiger partial charge in [0, 0.05) is 18.0 Å². The van der Waals surface area contributed by atoms with Crippen molar-refractivity contribution >= 4 is 17.6 Å². The molecule has 0 radical (unpaired) electrons. The van der Waals surface area contributed by atoms with Crippen LogP contribution in [0.25, 0.3) is 0 Å². The number of carbonyl (C=O) groups excluding carboxylic acids is 1. The normalized spacial score (nSPS) is 12.2. The van der Waals surface area contributed by atoms with Gasteiger partial charge in [-0.3, -0.25) is 0 Å². The van der Waals surface area contributed by atoms with Crippen LogP contribution in [0, 0.1) is 0 Å². The Kier molecular flexibility index (Phi) is 6.83. The first-order chi connectivity index (χ1) is 11.5. The predicted molar refractivity (Wildman–Crippen MR) is 98.6 cm³/mol. The van der Waals surface area contributed by atoms with Gasteiger partial charge in [0.15, 0.2) is 0 Å². The molecule has 24 heavy (non-hydrogen) atoms. The summed E-state index contributed by atoms with van der Waals surface area (Å²) in [6.07, 6.45) is 1.24. The van der Waals surface area contributed by atoms with E-state index in [-0.39, 0.29) is 12.1 Å². The molecule has 4 heteroatoms. The second kappa shape index (κ2) is 8.86. The van der Waals surface area contributed by atoms with Crippen LogP contribution in [0.5, 0.6) is 0 Å². The third kappa shape index (κ3) is 5.08. The third-order valence-electron chi connectivity index (χ3n) is 3.95. The molecule has 0 amide bonds. The summed E-state index contributed by atoms with van der Waals surface area (Å²) in [5.41, 5.74) is 2.61. The fourth-order valence-electron chi connectivity index (χ4n) is 2.57. The minimum atomic E-state index is -0.290.